The summed E-state index contributed by atoms with van der Waals surface area (Å²) in [4.78, 5) is 22.4. The number of hydrogen-bond donors (Lipinski definition) is 0. The standard InChI is InChI=1S/C27H28ClN2O2.ClH.Co/c1-16-13-17(2)24(18(3)14-16)29-15-20(31)22-21(19-11-9-8-10-12-19)23(27(4,5)6)26(32-7)30-25(22)28;;/h8-11,13-15H,1-7H3;1H;/q-1;;+2/p-1. The average Bonchev–Trinajstić information content (AvgIpc) is 2.78. The predicted octanol–water partition coefficient (Wildman–Crippen LogP) is 7.71. The van der Waals surface area contributed by atoms with Crippen molar-refractivity contribution in [1.82, 2.24) is 4.98 Å². The monoisotopic (exact) mass is 541 g/mol. The summed E-state index contributed by atoms with van der Waals surface area (Å²) in [6.45, 7) is 12.2. The first kappa shape index (κ1) is 28.1. The zero-order valence-corrected chi connectivity index (χ0v) is 22.9. The third kappa shape index (κ3) is 6.27. The van der Waals surface area contributed by atoms with Crippen molar-refractivity contribution in [1.29, 1.82) is 0 Å². The van der Waals surface area contributed by atoms with Crippen LogP contribution in [0.25, 0.3) is 11.1 Å². The number of ether oxygens (including phenoxy) is 1. The minimum absolute atomic E-state index is 0.0795. The number of hydrogen-bond acceptors (Lipinski definition) is 4. The Hall–Kier alpha value is -2.18. The summed E-state index contributed by atoms with van der Waals surface area (Å²) in [6, 6.07) is 14.8. The Morgan fingerprint density at radius 2 is 1.76 bits per heavy atom. The number of aromatic nitrogens is 1. The maximum absolute atomic E-state index is 13.5. The van der Waals surface area contributed by atoms with Gasteiger partial charge < -0.3 is 4.74 Å². The molecule has 0 radical (unpaired) electrons. The fraction of sp³-hybridized carbons (Fsp3) is 0.296. The Balaban J connectivity index is 0.00000199. The van der Waals surface area contributed by atoms with Crippen LogP contribution < -0.4 is 4.74 Å². The summed E-state index contributed by atoms with van der Waals surface area (Å²) in [5.41, 5.74) is 6.11. The van der Waals surface area contributed by atoms with E-state index in [9.17, 15) is 4.79 Å². The van der Waals surface area contributed by atoms with Gasteiger partial charge in [0.15, 0.2) is 5.78 Å². The summed E-state index contributed by atoms with van der Waals surface area (Å²) in [5, 5.41) is 0.0795. The number of Topliss-reactive ketones (excluding diaryl/α,β-unsaturated/α-hetero) is 1. The van der Waals surface area contributed by atoms with Crippen molar-refractivity contribution in [2.24, 2.45) is 4.99 Å². The molecule has 0 unspecified atom stereocenters. The van der Waals surface area contributed by atoms with Crippen molar-refractivity contribution >= 4 is 39.4 Å². The number of aliphatic imine (C=N–C) groups is 1. The van der Waals surface area contributed by atoms with E-state index >= 15 is 0 Å². The van der Waals surface area contributed by atoms with Crippen LogP contribution >= 0.6 is 21.7 Å². The van der Waals surface area contributed by atoms with Gasteiger partial charge in [-0.05, 0) is 42.9 Å². The van der Waals surface area contributed by atoms with Gasteiger partial charge in [-0.25, -0.2) is 4.98 Å². The Morgan fingerprint density at radius 3 is 2.26 bits per heavy atom. The van der Waals surface area contributed by atoms with Gasteiger partial charge in [0.2, 0.25) is 5.88 Å². The van der Waals surface area contributed by atoms with E-state index in [0.29, 0.717) is 17.0 Å². The Labute approximate surface area is 219 Å². The molecule has 0 aliphatic carbocycles. The molecule has 0 amide bonds. The second-order valence-electron chi connectivity index (χ2n) is 8.93. The molecular formula is C27H28Cl2CoN2O2. The molecular weight excluding hydrogens is 514 g/mol. The van der Waals surface area contributed by atoms with Crippen molar-refractivity contribution < 1.29 is 24.4 Å². The van der Waals surface area contributed by atoms with Crippen LogP contribution in [0.5, 0.6) is 5.88 Å². The molecule has 0 aliphatic rings. The molecule has 1 aromatic heterocycles. The van der Waals surface area contributed by atoms with Gasteiger partial charge >= 0.3 is 25.0 Å². The van der Waals surface area contributed by atoms with Crippen LogP contribution in [0.2, 0.25) is 5.15 Å². The first-order valence-corrected chi connectivity index (χ1v) is 12.4. The number of ketones is 1. The number of rotatable bonds is 5. The summed E-state index contributed by atoms with van der Waals surface area (Å²) in [6.07, 6.45) is 1.33. The van der Waals surface area contributed by atoms with E-state index in [-0.39, 0.29) is 16.4 Å². The molecule has 34 heavy (non-hydrogen) atoms. The normalized spacial score (nSPS) is 11.2. The van der Waals surface area contributed by atoms with Crippen LogP contribution in [0.4, 0.5) is 5.69 Å². The van der Waals surface area contributed by atoms with Gasteiger partial charge in [0.05, 0.1) is 19.0 Å². The van der Waals surface area contributed by atoms with Gasteiger partial charge in [0.25, 0.3) is 0 Å². The third-order valence-corrected chi connectivity index (χ3v) is 5.51. The molecule has 0 saturated carbocycles. The number of carbonyl (C=O) groups is 1. The number of pyridine rings is 1. The van der Waals surface area contributed by atoms with E-state index in [0.717, 1.165) is 33.5 Å². The molecule has 0 spiro atoms. The minimum atomic E-state index is -0.363. The molecule has 181 valence electrons. The number of methoxy groups -OCH3 is 1. The van der Waals surface area contributed by atoms with Crippen LogP contribution in [-0.4, -0.2) is 24.1 Å². The quantitative estimate of drug-likeness (QED) is 0.144. The first-order valence-electron chi connectivity index (χ1n) is 10.6. The van der Waals surface area contributed by atoms with Crippen molar-refractivity contribution in [3.8, 4) is 17.0 Å². The van der Waals surface area contributed by atoms with E-state index in [1.807, 2.05) is 77.9 Å². The molecule has 7 heteroatoms. The van der Waals surface area contributed by atoms with E-state index in [2.05, 4.69) is 41.0 Å². The first-order chi connectivity index (χ1) is 16.0. The van der Waals surface area contributed by atoms with Gasteiger partial charge in [-0.3, -0.25) is 9.79 Å². The molecule has 0 aliphatic heterocycles. The predicted molar refractivity (Wildman–Crippen MR) is 138 cm³/mol. The van der Waals surface area contributed by atoms with Crippen LogP contribution in [0.1, 0.15) is 53.4 Å². The van der Waals surface area contributed by atoms with E-state index in [1.54, 1.807) is 7.11 Å². The zero-order valence-electron chi connectivity index (χ0n) is 20.3. The molecule has 0 fully saturated rings. The average molecular weight is 542 g/mol. The number of carbonyl (C=O) groups excluding carboxylic acids is 1. The maximum atomic E-state index is 13.5. The summed E-state index contributed by atoms with van der Waals surface area (Å²) < 4.78 is 5.57. The van der Waals surface area contributed by atoms with Crippen molar-refractivity contribution in [3.05, 3.63) is 75.4 Å². The van der Waals surface area contributed by atoms with Gasteiger partial charge in [0.1, 0.15) is 5.15 Å². The fourth-order valence-corrected chi connectivity index (χ4v) is 4.25. The Bertz CT molecular complexity index is 1180. The third-order valence-electron chi connectivity index (χ3n) is 5.23. The number of benzene rings is 2. The molecule has 0 atom stereocenters. The number of aryl methyl sites for hydroxylation is 3. The molecule has 3 aromatic rings. The Morgan fingerprint density at radius 1 is 1.15 bits per heavy atom. The Kier molecular flexibility index (Phi) is 9.89. The van der Waals surface area contributed by atoms with Gasteiger partial charge in [-0.15, -0.1) is 35.9 Å². The topological polar surface area (TPSA) is 51.5 Å². The van der Waals surface area contributed by atoms with E-state index < -0.39 is 0 Å². The van der Waals surface area contributed by atoms with Crippen LogP contribution in [0.3, 0.4) is 0 Å². The van der Waals surface area contributed by atoms with E-state index in [4.69, 9.17) is 16.3 Å². The molecule has 4 nitrogen and oxygen atoms in total. The number of halogens is 2. The summed E-state index contributed by atoms with van der Waals surface area (Å²) in [5.74, 6) is 0.0794. The van der Waals surface area contributed by atoms with E-state index in [1.165, 1.54) is 6.21 Å². The molecule has 1 heterocycles. The zero-order chi connectivity index (χ0) is 25.6. The number of nitrogens with zero attached hydrogens (tertiary/aromatic N) is 2. The molecule has 3 rings (SSSR count). The fourth-order valence-electron chi connectivity index (χ4n) is 3.99. The van der Waals surface area contributed by atoms with Gasteiger partial charge in [-0.1, -0.05) is 55.6 Å². The van der Waals surface area contributed by atoms with Crippen molar-refractivity contribution in [3.63, 3.8) is 0 Å². The van der Waals surface area contributed by atoms with Gasteiger partial charge in [-0.2, -0.15) is 0 Å². The second kappa shape index (κ2) is 12.0. The van der Waals surface area contributed by atoms with Crippen LogP contribution in [-0.2, 0) is 20.3 Å². The molecule has 0 N–H and O–H groups in total. The van der Waals surface area contributed by atoms with Gasteiger partial charge in [0, 0.05) is 5.56 Å². The summed E-state index contributed by atoms with van der Waals surface area (Å²) in [7, 11) is 5.88. The molecule has 0 bridgehead atoms. The SMILES string of the molecule is COc1nc(Cl)c(C(=O)C=Nc2c(C)cc(C)cc2C)c(-c2[c-]cccc2)c1C(C)(C)C.[Cl][Co+]. The molecule has 0 saturated heterocycles. The second-order valence-corrected chi connectivity index (χ2v) is 9.29. The van der Waals surface area contributed by atoms with Crippen molar-refractivity contribution in [2.45, 2.75) is 47.0 Å². The van der Waals surface area contributed by atoms with Crippen LogP contribution in [0.15, 0.2) is 41.4 Å². The van der Waals surface area contributed by atoms with Crippen LogP contribution in [0, 0.1) is 26.8 Å². The molecule has 2 aromatic carbocycles. The van der Waals surface area contributed by atoms with Crippen molar-refractivity contribution in [2.75, 3.05) is 7.11 Å². The summed E-state index contributed by atoms with van der Waals surface area (Å²) >= 11 is 9.59.